The molecule has 4 rings (SSSR count). The maximum atomic E-state index is 12.0. The lowest BCUT2D eigenvalue weighted by molar-refractivity contribution is 0.949. The third-order valence-electron chi connectivity index (χ3n) is 4.19. The zero-order chi connectivity index (χ0) is 14.9. The fraction of sp³-hybridized carbons (Fsp3) is 0.375. The number of nitrogens with zero attached hydrogens (tertiary/aromatic N) is 2. The summed E-state index contributed by atoms with van der Waals surface area (Å²) in [6.45, 7) is 2.29. The van der Waals surface area contributed by atoms with Crippen molar-refractivity contribution in [2.24, 2.45) is 0 Å². The number of hydrogen-bond acceptors (Lipinski definition) is 5. The van der Waals surface area contributed by atoms with Gasteiger partial charge in [-0.15, -0.1) is 0 Å². The summed E-state index contributed by atoms with van der Waals surface area (Å²) in [6, 6.07) is 8.31. The summed E-state index contributed by atoms with van der Waals surface area (Å²) < 4.78 is 0. The average Bonchev–Trinajstić information content (AvgIpc) is 3.19. The molecule has 0 atom stereocenters. The van der Waals surface area contributed by atoms with Crippen LogP contribution in [0.4, 0.5) is 17.3 Å². The molecule has 1 saturated heterocycles. The molecule has 5 nitrogen and oxygen atoms in total. The van der Waals surface area contributed by atoms with E-state index in [9.17, 15) is 4.79 Å². The highest BCUT2D eigenvalue weighted by atomic mass is 32.2. The minimum atomic E-state index is -0.0220. The largest absolute Gasteiger partial charge is 0.372 e. The molecular formula is C16H18N4OS. The van der Waals surface area contributed by atoms with Crippen molar-refractivity contribution in [2.75, 3.05) is 23.3 Å². The van der Waals surface area contributed by atoms with Crippen molar-refractivity contribution in [2.45, 2.75) is 24.3 Å². The first-order chi connectivity index (χ1) is 10.8. The van der Waals surface area contributed by atoms with Gasteiger partial charge in [0.15, 0.2) is 0 Å². The number of fused-ring (bicyclic) bond motifs is 1. The standard InChI is InChI=1S/C16H18N4OS/c21-15-13-9-22-10-14(13)18-16(19-15)17-11-3-5-12(6-4-11)20-7-1-2-8-20/h3-6H,1-2,7-10H2,(H2,17,18,19,21). The smallest absolute Gasteiger partial charge is 0.256 e. The van der Waals surface area contributed by atoms with Gasteiger partial charge in [0, 0.05) is 41.5 Å². The average molecular weight is 314 g/mol. The van der Waals surface area contributed by atoms with Crippen LogP contribution >= 0.6 is 11.8 Å². The summed E-state index contributed by atoms with van der Waals surface area (Å²) in [5.41, 5.74) is 3.91. The second kappa shape index (κ2) is 5.68. The van der Waals surface area contributed by atoms with Gasteiger partial charge in [0.2, 0.25) is 5.95 Å². The molecule has 1 fully saturated rings. The Morgan fingerprint density at radius 1 is 1.14 bits per heavy atom. The van der Waals surface area contributed by atoms with Gasteiger partial charge in [-0.1, -0.05) is 0 Å². The number of anilines is 3. The number of aromatic amines is 1. The van der Waals surface area contributed by atoms with Crippen LogP contribution in [-0.2, 0) is 11.5 Å². The molecular weight excluding hydrogens is 296 g/mol. The van der Waals surface area contributed by atoms with Crippen LogP contribution in [0, 0.1) is 0 Å². The summed E-state index contributed by atoms with van der Waals surface area (Å²) in [5.74, 6) is 2.12. The highest BCUT2D eigenvalue weighted by Gasteiger charge is 2.17. The van der Waals surface area contributed by atoms with Gasteiger partial charge in [0.1, 0.15) is 0 Å². The molecule has 22 heavy (non-hydrogen) atoms. The van der Waals surface area contributed by atoms with Crippen LogP contribution < -0.4 is 15.8 Å². The number of hydrogen-bond donors (Lipinski definition) is 2. The topological polar surface area (TPSA) is 61.0 Å². The SMILES string of the molecule is O=c1[nH]c(Nc2ccc(N3CCCC3)cc2)nc2c1CSC2. The monoisotopic (exact) mass is 314 g/mol. The first-order valence-electron chi connectivity index (χ1n) is 7.61. The first-order valence-corrected chi connectivity index (χ1v) is 8.77. The fourth-order valence-corrected chi connectivity index (χ4v) is 4.03. The predicted molar refractivity (Wildman–Crippen MR) is 91.0 cm³/mol. The van der Waals surface area contributed by atoms with E-state index in [-0.39, 0.29) is 5.56 Å². The van der Waals surface area contributed by atoms with Crippen LogP contribution in [0.3, 0.4) is 0 Å². The van der Waals surface area contributed by atoms with Gasteiger partial charge in [-0.25, -0.2) is 4.98 Å². The van der Waals surface area contributed by atoms with E-state index in [1.807, 2.05) is 12.1 Å². The number of rotatable bonds is 3. The number of nitrogens with one attached hydrogen (secondary N) is 2. The van der Waals surface area contributed by atoms with Gasteiger partial charge in [0.05, 0.1) is 5.69 Å². The van der Waals surface area contributed by atoms with Gasteiger partial charge in [-0.2, -0.15) is 11.8 Å². The highest BCUT2D eigenvalue weighted by Crippen LogP contribution is 2.27. The maximum absolute atomic E-state index is 12.0. The van der Waals surface area contributed by atoms with Crippen LogP contribution in [0.15, 0.2) is 29.1 Å². The molecule has 2 aliphatic heterocycles. The Labute approximate surface area is 133 Å². The normalized spacial score (nSPS) is 16.8. The van der Waals surface area contributed by atoms with Crippen molar-refractivity contribution in [3.63, 3.8) is 0 Å². The summed E-state index contributed by atoms with van der Waals surface area (Å²) >= 11 is 1.73. The van der Waals surface area contributed by atoms with E-state index in [1.54, 1.807) is 11.8 Å². The molecule has 1 aromatic carbocycles. The summed E-state index contributed by atoms with van der Waals surface area (Å²) in [6.07, 6.45) is 2.55. The molecule has 0 amide bonds. The molecule has 114 valence electrons. The quantitative estimate of drug-likeness (QED) is 0.912. The van der Waals surface area contributed by atoms with E-state index >= 15 is 0 Å². The van der Waals surface area contributed by atoms with Crippen LogP contribution in [0.1, 0.15) is 24.1 Å². The van der Waals surface area contributed by atoms with E-state index < -0.39 is 0 Å². The molecule has 6 heteroatoms. The summed E-state index contributed by atoms with van der Waals surface area (Å²) in [5, 5.41) is 3.20. The van der Waals surface area contributed by atoms with E-state index in [0.717, 1.165) is 41.5 Å². The third kappa shape index (κ3) is 2.59. The predicted octanol–water partition coefficient (Wildman–Crippen LogP) is 2.86. The molecule has 2 N–H and O–H groups in total. The lowest BCUT2D eigenvalue weighted by Gasteiger charge is -2.17. The van der Waals surface area contributed by atoms with Crippen LogP contribution in [0.5, 0.6) is 0 Å². The highest BCUT2D eigenvalue weighted by molar-refractivity contribution is 7.98. The molecule has 0 radical (unpaired) electrons. The van der Waals surface area contributed by atoms with Gasteiger partial charge in [-0.3, -0.25) is 9.78 Å². The molecule has 0 bridgehead atoms. The Balaban J connectivity index is 1.53. The molecule has 2 aliphatic rings. The van der Waals surface area contributed by atoms with Crippen molar-refractivity contribution in [1.29, 1.82) is 0 Å². The minimum Gasteiger partial charge on any atom is -0.372 e. The zero-order valence-electron chi connectivity index (χ0n) is 12.3. The second-order valence-corrected chi connectivity index (χ2v) is 6.68. The van der Waals surface area contributed by atoms with Crippen LogP contribution in [0.2, 0.25) is 0 Å². The number of aromatic nitrogens is 2. The van der Waals surface area contributed by atoms with Crippen molar-refractivity contribution in [3.8, 4) is 0 Å². The van der Waals surface area contributed by atoms with Gasteiger partial charge >= 0.3 is 0 Å². The van der Waals surface area contributed by atoms with Gasteiger partial charge < -0.3 is 10.2 Å². The van der Waals surface area contributed by atoms with Gasteiger partial charge in [0.25, 0.3) is 5.56 Å². The number of benzene rings is 1. The molecule has 0 unspecified atom stereocenters. The van der Waals surface area contributed by atoms with Crippen molar-refractivity contribution >= 4 is 29.1 Å². The Bertz CT molecular complexity index is 735. The van der Waals surface area contributed by atoms with Crippen molar-refractivity contribution in [3.05, 3.63) is 45.9 Å². The van der Waals surface area contributed by atoms with E-state index in [0.29, 0.717) is 5.95 Å². The van der Waals surface area contributed by atoms with Gasteiger partial charge in [-0.05, 0) is 37.1 Å². The lowest BCUT2D eigenvalue weighted by atomic mass is 10.2. The van der Waals surface area contributed by atoms with Crippen LogP contribution in [-0.4, -0.2) is 23.1 Å². The Hall–Kier alpha value is -1.95. The third-order valence-corrected chi connectivity index (χ3v) is 5.16. The summed E-state index contributed by atoms with van der Waals surface area (Å²) in [7, 11) is 0. The second-order valence-electron chi connectivity index (χ2n) is 5.70. The number of H-pyrrole nitrogens is 1. The first kappa shape index (κ1) is 13.7. The summed E-state index contributed by atoms with van der Waals surface area (Å²) in [4.78, 5) is 21.7. The van der Waals surface area contributed by atoms with E-state index in [4.69, 9.17) is 0 Å². The van der Waals surface area contributed by atoms with Crippen molar-refractivity contribution in [1.82, 2.24) is 9.97 Å². The Kier molecular flexibility index (Phi) is 3.54. The van der Waals surface area contributed by atoms with E-state index in [1.165, 1.54) is 18.5 Å². The number of thioether (sulfide) groups is 1. The molecule has 3 heterocycles. The molecule has 0 aliphatic carbocycles. The Morgan fingerprint density at radius 2 is 1.91 bits per heavy atom. The zero-order valence-corrected chi connectivity index (χ0v) is 13.1. The van der Waals surface area contributed by atoms with Crippen molar-refractivity contribution < 1.29 is 0 Å². The fourth-order valence-electron chi connectivity index (χ4n) is 2.99. The Morgan fingerprint density at radius 3 is 2.68 bits per heavy atom. The molecule has 0 spiro atoms. The van der Waals surface area contributed by atoms with E-state index in [2.05, 4.69) is 32.3 Å². The maximum Gasteiger partial charge on any atom is 0.256 e. The molecule has 1 aromatic heterocycles. The van der Waals surface area contributed by atoms with Crippen LogP contribution in [0.25, 0.3) is 0 Å². The molecule has 0 saturated carbocycles. The molecule has 2 aromatic rings. The minimum absolute atomic E-state index is 0.0220. The lowest BCUT2D eigenvalue weighted by Crippen LogP contribution is -2.17.